The van der Waals surface area contributed by atoms with Crippen molar-refractivity contribution in [1.82, 2.24) is 14.6 Å². The zero-order valence-corrected chi connectivity index (χ0v) is 9.34. The van der Waals surface area contributed by atoms with E-state index in [1.54, 1.807) is 10.5 Å². The Hall–Kier alpha value is -2.36. The molecule has 0 bridgehead atoms. The third-order valence-electron chi connectivity index (χ3n) is 2.75. The van der Waals surface area contributed by atoms with Crippen LogP contribution < -0.4 is 5.56 Å². The summed E-state index contributed by atoms with van der Waals surface area (Å²) in [5.74, 6) is 0.644. The Morgan fingerprint density at radius 3 is 2.65 bits per heavy atom. The number of fused-ring (bicyclic) bond motifs is 1. The van der Waals surface area contributed by atoms with Crippen molar-refractivity contribution in [2.45, 2.75) is 6.92 Å². The third kappa shape index (κ3) is 1.54. The van der Waals surface area contributed by atoms with Crippen molar-refractivity contribution >= 4 is 5.65 Å². The van der Waals surface area contributed by atoms with Gasteiger partial charge >= 0.3 is 0 Å². The van der Waals surface area contributed by atoms with E-state index < -0.39 is 0 Å². The molecule has 4 heteroatoms. The molecule has 0 atom stereocenters. The Labute approximate surface area is 97.5 Å². The summed E-state index contributed by atoms with van der Waals surface area (Å²) in [6, 6.07) is 13.0. The number of aromatic amines is 1. The summed E-state index contributed by atoms with van der Waals surface area (Å²) in [6.45, 7) is 2.03. The number of hydrogen-bond donors (Lipinski definition) is 1. The van der Waals surface area contributed by atoms with Crippen LogP contribution in [0.15, 0.2) is 47.3 Å². The van der Waals surface area contributed by atoms with Gasteiger partial charge in [-0.3, -0.25) is 9.89 Å². The van der Waals surface area contributed by atoms with E-state index in [4.69, 9.17) is 0 Å². The number of benzene rings is 1. The highest BCUT2D eigenvalue weighted by Gasteiger charge is 2.08. The first-order chi connectivity index (χ1) is 8.25. The molecule has 0 fully saturated rings. The van der Waals surface area contributed by atoms with E-state index in [1.165, 1.54) is 11.6 Å². The molecule has 1 aromatic carbocycles. The molecule has 17 heavy (non-hydrogen) atoms. The summed E-state index contributed by atoms with van der Waals surface area (Å²) >= 11 is 0. The Morgan fingerprint density at radius 1 is 1.12 bits per heavy atom. The van der Waals surface area contributed by atoms with Crippen molar-refractivity contribution in [3.8, 4) is 11.4 Å². The Balaban J connectivity index is 2.31. The van der Waals surface area contributed by atoms with Gasteiger partial charge < -0.3 is 0 Å². The number of pyridine rings is 1. The number of H-pyrrole nitrogens is 1. The Kier molecular flexibility index (Phi) is 2.08. The lowest BCUT2D eigenvalue weighted by atomic mass is 10.1. The zero-order chi connectivity index (χ0) is 11.8. The van der Waals surface area contributed by atoms with Crippen LogP contribution in [-0.4, -0.2) is 14.6 Å². The monoisotopic (exact) mass is 225 g/mol. The first kappa shape index (κ1) is 9.84. The third-order valence-corrected chi connectivity index (χ3v) is 2.75. The lowest BCUT2D eigenvalue weighted by Gasteiger charge is -1.99. The molecule has 0 amide bonds. The number of aryl methyl sites for hydroxylation is 1. The molecule has 0 saturated carbocycles. The van der Waals surface area contributed by atoms with Gasteiger partial charge in [-0.15, -0.1) is 0 Å². The molecule has 2 aromatic heterocycles. The normalized spacial score (nSPS) is 10.9. The van der Waals surface area contributed by atoms with Gasteiger partial charge in [-0.1, -0.05) is 35.9 Å². The first-order valence-electron chi connectivity index (χ1n) is 5.39. The molecule has 3 aromatic rings. The topological polar surface area (TPSA) is 50.2 Å². The summed E-state index contributed by atoms with van der Waals surface area (Å²) in [5.41, 5.74) is 2.73. The van der Waals surface area contributed by atoms with Crippen LogP contribution in [0.2, 0.25) is 0 Å². The van der Waals surface area contributed by atoms with Crippen molar-refractivity contribution in [2.75, 3.05) is 0 Å². The average molecular weight is 225 g/mol. The van der Waals surface area contributed by atoms with Gasteiger partial charge in [0, 0.05) is 11.6 Å². The van der Waals surface area contributed by atoms with E-state index in [0.29, 0.717) is 11.5 Å². The van der Waals surface area contributed by atoms with Crippen molar-refractivity contribution in [1.29, 1.82) is 0 Å². The van der Waals surface area contributed by atoms with Gasteiger partial charge in [0.15, 0.2) is 5.82 Å². The molecule has 0 spiro atoms. The summed E-state index contributed by atoms with van der Waals surface area (Å²) in [4.78, 5) is 11.8. The van der Waals surface area contributed by atoms with E-state index in [9.17, 15) is 4.79 Å². The van der Waals surface area contributed by atoms with E-state index in [0.717, 1.165) is 5.56 Å². The molecule has 0 unspecified atom stereocenters. The number of hydrogen-bond acceptors (Lipinski definition) is 2. The van der Waals surface area contributed by atoms with Gasteiger partial charge in [-0.25, -0.2) is 4.40 Å². The molecule has 0 saturated heterocycles. The van der Waals surface area contributed by atoms with Crippen molar-refractivity contribution in [3.63, 3.8) is 0 Å². The molecule has 0 aliphatic rings. The SMILES string of the molecule is Cc1ccc(-c2n[nH]c3cccc(=O)n23)cc1. The minimum absolute atomic E-state index is 0.0770. The molecule has 0 aliphatic heterocycles. The van der Waals surface area contributed by atoms with Crippen molar-refractivity contribution in [3.05, 3.63) is 58.4 Å². The van der Waals surface area contributed by atoms with Crippen LogP contribution >= 0.6 is 0 Å². The standard InChI is InChI=1S/C13H11N3O/c1-9-5-7-10(8-6-9)13-15-14-11-3-2-4-12(17)16(11)13/h2-8,14H,1H3. The quantitative estimate of drug-likeness (QED) is 0.688. The molecular weight excluding hydrogens is 214 g/mol. The van der Waals surface area contributed by atoms with E-state index in [1.807, 2.05) is 37.3 Å². The van der Waals surface area contributed by atoms with Crippen LogP contribution in [-0.2, 0) is 0 Å². The van der Waals surface area contributed by atoms with Crippen LogP contribution in [0.4, 0.5) is 0 Å². The smallest absolute Gasteiger partial charge is 0.257 e. The average Bonchev–Trinajstić information content (AvgIpc) is 2.75. The number of aromatic nitrogens is 3. The maximum atomic E-state index is 11.8. The highest BCUT2D eigenvalue weighted by Crippen LogP contribution is 2.17. The van der Waals surface area contributed by atoms with Crippen LogP contribution in [0.1, 0.15) is 5.56 Å². The van der Waals surface area contributed by atoms with Crippen LogP contribution in [0.25, 0.3) is 17.0 Å². The second kappa shape index (κ2) is 3.59. The molecule has 2 heterocycles. The van der Waals surface area contributed by atoms with Gasteiger partial charge in [0.05, 0.1) is 0 Å². The second-order valence-electron chi connectivity index (χ2n) is 4.00. The molecule has 4 nitrogen and oxygen atoms in total. The fraction of sp³-hybridized carbons (Fsp3) is 0.0769. The molecule has 84 valence electrons. The van der Waals surface area contributed by atoms with Gasteiger partial charge in [0.25, 0.3) is 5.56 Å². The first-order valence-corrected chi connectivity index (χ1v) is 5.39. The van der Waals surface area contributed by atoms with Gasteiger partial charge in [0.1, 0.15) is 5.65 Å². The highest BCUT2D eigenvalue weighted by molar-refractivity contribution is 5.59. The fourth-order valence-corrected chi connectivity index (χ4v) is 1.85. The van der Waals surface area contributed by atoms with Gasteiger partial charge in [-0.2, -0.15) is 5.10 Å². The number of nitrogens with zero attached hydrogens (tertiary/aromatic N) is 2. The van der Waals surface area contributed by atoms with E-state index in [-0.39, 0.29) is 5.56 Å². The number of rotatable bonds is 1. The summed E-state index contributed by atoms with van der Waals surface area (Å²) in [6.07, 6.45) is 0. The maximum absolute atomic E-state index is 11.8. The second-order valence-corrected chi connectivity index (χ2v) is 4.00. The number of nitrogens with one attached hydrogen (secondary N) is 1. The van der Waals surface area contributed by atoms with Gasteiger partial charge in [0.2, 0.25) is 0 Å². The van der Waals surface area contributed by atoms with E-state index in [2.05, 4.69) is 10.2 Å². The summed E-state index contributed by atoms with van der Waals surface area (Å²) in [7, 11) is 0. The minimum Gasteiger partial charge on any atom is -0.269 e. The largest absolute Gasteiger partial charge is 0.269 e. The molecule has 1 N–H and O–H groups in total. The lowest BCUT2D eigenvalue weighted by Crippen LogP contribution is -2.11. The van der Waals surface area contributed by atoms with Crippen molar-refractivity contribution < 1.29 is 0 Å². The Bertz CT molecular complexity index is 722. The predicted molar refractivity (Wildman–Crippen MR) is 66.0 cm³/mol. The molecule has 0 aliphatic carbocycles. The molecular formula is C13H11N3O. The van der Waals surface area contributed by atoms with Crippen LogP contribution in [0, 0.1) is 6.92 Å². The maximum Gasteiger partial charge on any atom is 0.257 e. The lowest BCUT2D eigenvalue weighted by molar-refractivity contribution is 1.09. The summed E-state index contributed by atoms with van der Waals surface area (Å²) < 4.78 is 1.57. The van der Waals surface area contributed by atoms with E-state index >= 15 is 0 Å². The molecule has 0 radical (unpaired) electrons. The molecule has 3 rings (SSSR count). The minimum atomic E-state index is -0.0770. The predicted octanol–water partition coefficient (Wildman–Crippen LogP) is 2.00. The fourth-order valence-electron chi connectivity index (χ4n) is 1.85. The zero-order valence-electron chi connectivity index (χ0n) is 9.34. The highest BCUT2D eigenvalue weighted by atomic mass is 16.1. The van der Waals surface area contributed by atoms with Crippen molar-refractivity contribution in [2.24, 2.45) is 0 Å². The summed E-state index contributed by atoms with van der Waals surface area (Å²) in [5, 5.41) is 7.05. The van der Waals surface area contributed by atoms with Crippen LogP contribution in [0.5, 0.6) is 0 Å². The Morgan fingerprint density at radius 2 is 1.88 bits per heavy atom. The van der Waals surface area contributed by atoms with Crippen LogP contribution in [0.3, 0.4) is 0 Å². The van der Waals surface area contributed by atoms with Gasteiger partial charge in [-0.05, 0) is 13.0 Å².